The lowest BCUT2D eigenvalue weighted by Crippen LogP contribution is -2.50. The zero-order chi connectivity index (χ0) is 14.6. The quantitative estimate of drug-likeness (QED) is 0.817. The van der Waals surface area contributed by atoms with Crippen LogP contribution in [0.3, 0.4) is 0 Å². The zero-order valence-electron chi connectivity index (χ0n) is 14.3. The second-order valence-corrected chi connectivity index (χ2v) is 8.03. The van der Waals surface area contributed by atoms with Crippen LogP contribution in [0.15, 0.2) is 0 Å². The standard InChI is InChI=1S/C18H36N2/c1-15(2)19-13-18(10-8-16(3)9-11-18)14-20-12-6-5-7-17(20)4/h15-17,19H,5-14H2,1-4H3. The monoisotopic (exact) mass is 280 g/mol. The van der Waals surface area contributed by atoms with E-state index in [4.69, 9.17) is 0 Å². The Morgan fingerprint density at radius 1 is 1.10 bits per heavy atom. The van der Waals surface area contributed by atoms with Crippen LogP contribution >= 0.6 is 0 Å². The van der Waals surface area contributed by atoms with Crippen LogP contribution in [0.2, 0.25) is 0 Å². The van der Waals surface area contributed by atoms with Gasteiger partial charge in [-0.15, -0.1) is 0 Å². The Morgan fingerprint density at radius 2 is 1.80 bits per heavy atom. The molecule has 0 spiro atoms. The molecule has 2 nitrogen and oxygen atoms in total. The first-order valence-corrected chi connectivity index (χ1v) is 8.98. The van der Waals surface area contributed by atoms with Gasteiger partial charge in [0.2, 0.25) is 0 Å². The fourth-order valence-corrected chi connectivity index (χ4v) is 4.01. The van der Waals surface area contributed by atoms with Crippen molar-refractivity contribution in [2.75, 3.05) is 19.6 Å². The molecule has 1 saturated carbocycles. The Kier molecular flexibility index (Phi) is 5.92. The third-order valence-electron chi connectivity index (χ3n) is 5.70. The van der Waals surface area contributed by atoms with Crippen molar-refractivity contribution >= 4 is 0 Å². The van der Waals surface area contributed by atoms with Crippen molar-refractivity contribution in [2.24, 2.45) is 11.3 Å². The second-order valence-electron chi connectivity index (χ2n) is 8.03. The van der Waals surface area contributed by atoms with E-state index >= 15 is 0 Å². The van der Waals surface area contributed by atoms with E-state index in [9.17, 15) is 0 Å². The van der Waals surface area contributed by atoms with Crippen LogP contribution in [0, 0.1) is 11.3 Å². The highest BCUT2D eigenvalue weighted by Crippen LogP contribution is 2.40. The highest BCUT2D eigenvalue weighted by atomic mass is 15.2. The number of piperidine rings is 1. The van der Waals surface area contributed by atoms with E-state index < -0.39 is 0 Å². The van der Waals surface area contributed by atoms with Gasteiger partial charge in [-0.05, 0) is 50.5 Å². The predicted octanol–water partition coefficient (Wildman–Crippen LogP) is 4.06. The van der Waals surface area contributed by atoms with Gasteiger partial charge in [-0.3, -0.25) is 0 Å². The Morgan fingerprint density at radius 3 is 2.40 bits per heavy atom. The van der Waals surface area contributed by atoms with Gasteiger partial charge in [0.25, 0.3) is 0 Å². The number of hydrogen-bond donors (Lipinski definition) is 1. The van der Waals surface area contributed by atoms with Crippen LogP contribution in [-0.2, 0) is 0 Å². The van der Waals surface area contributed by atoms with Crippen molar-refractivity contribution in [3.63, 3.8) is 0 Å². The van der Waals surface area contributed by atoms with Crippen LogP contribution in [-0.4, -0.2) is 36.6 Å². The molecule has 2 rings (SSSR count). The molecule has 1 aliphatic carbocycles. The maximum atomic E-state index is 3.75. The van der Waals surface area contributed by atoms with Gasteiger partial charge in [-0.2, -0.15) is 0 Å². The maximum Gasteiger partial charge on any atom is 0.00671 e. The minimum Gasteiger partial charge on any atom is -0.314 e. The van der Waals surface area contributed by atoms with E-state index in [1.165, 1.54) is 64.6 Å². The van der Waals surface area contributed by atoms with Gasteiger partial charge >= 0.3 is 0 Å². The first kappa shape index (κ1) is 16.3. The third-order valence-corrected chi connectivity index (χ3v) is 5.70. The van der Waals surface area contributed by atoms with E-state index in [0.29, 0.717) is 11.5 Å². The molecule has 0 aromatic heterocycles. The van der Waals surface area contributed by atoms with Crippen molar-refractivity contribution in [3.8, 4) is 0 Å². The van der Waals surface area contributed by atoms with Crippen LogP contribution in [0.5, 0.6) is 0 Å². The molecule has 2 heteroatoms. The van der Waals surface area contributed by atoms with E-state index in [2.05, 4.69) is 37.9 Å². The minimum absolute atomic E-state index is 0.544. The lowest BCUT2D eigenvalue weighted by molar-refractivity contribution is 0.0499. The van der Waals surface area contributed by atoms with Crippen molar-refractivity contribution in [1.29, 1.82) is 0 Å². The normalized spacial score (nSPS) is 36.5. The second kappa shape index (κ2) is 7.26. The third kappa shape index (κ3) is 4.46. The smallest absolute Gasteiger partial charge is 0.00671 e. The molecule has 1 saturated heterocycles. The molecule has 1 N–H and O–H groups in total. The Hall–Kier alpha value is -0.0800. The highest BCUT2D eigenvalue weighted by molar-refractivity contribution is 4.91. The molecule has 0 aromatic rings. The topological polar surface area (TPSA) is 15.3 Å². The average Bonchev–Trinajstić information content (AvgIpc) is 2.42. The minimum atomic E-state index is 0.544. The molecule has 20 heavy (non-hydrogen) atoms. The van der Waals surface area contributed by atoms with Crippen LogP contribution in [0.4, 0.5) is 0 Å². The summed E-state index contributed by atoms with van der Waals surface area (Å²) >= 11 is 0. The number of nitrogens with one attached hydrogen (secondary N) is 1. The molecule has 0 aromatic carbocycles. The van der Waals surface area contributed by atoms with Gasteiger partial charge in [-0.1, -0.05) is 40.0 Å². The first-order chi connectivity index (χ1) is 9.51. The summed E-state index contributed by atoms with van der Waals surface area (Å²) in [7, 11) is 0. The largest absolute Gasteiger partial charge is 0.314 e. The number of rotatable bonds is 5. The summed E-state index contributed by atoms with van der Waals surface area (Å²) < 4.78 is 0. The summed E-state index contributed by atoms with van der Waals surface area (Å²) in [5.41, 5.74) is 0.544. The molecular formula is C18H36N2. The summed E-state index contributed by atoms with van der Waals surface area (Å²) in [4.78, 5) is 2.79. The molecule has 118 valence electrons. The fourth-order valence-electron chi connectivity index (χ4n) is 4.01. The Balaban J connectivity index is 1.97. The van der Waals surface area contributed by atoms with E-state index in [-0.39, 0.29) is 0 Å². The summed E-state index contributed by atoms with van der Waals surface area (Å²) in [6, 6.07) is 1.42. The molecular weight excluding hydrogens is 244 g/mol. The highest BCUT2D eigenvalue weighted by Gasteiger charge is 2.37. The van der Waals surface area contributed by atoms with E-state index in [1.54, 1.807) is 0 Å². The molecule has 1 aliphatic heterocycles. The summed E-state index contributed by atoms with van der Waals surface area (Å²) in [5.74, 6) is 0.945. The lowest BCUT2D eigenvalue weighted by Gasteiger charge is -2.46. The van der Waals surface area contributed by atoms with E-state index in [1.807, 2.05) is 0 Å². The van der Waals surface area contributed by atoms with Crippen molar-refractivity contribution in [2.45, 2.75) is 84.7 Å². The van der Waals surface area contributed by atoms with Gasteiger partial charge < -0.3 is 10.2 Å². The predicted molar refractivity (Wildman–Crippen MR) is 88.1 cm³/mol. The molecule has 1 unspecified atom stereocenters. The van der Waals surface area contributed by atoms with Gasteiger partial charge in [0.1, 0.15) is 0 Å². The van der Waals surface area contributed by atoms with Crippen molar-refractivity contribution < 1.29 is 0 Å². The van der Waals surface area contributed by atoms with Crippen LogP contribution < -0.4 is 5.32 Å². The van der Waals surface area contributed by atoms with Crippen LogP contribution in [0.1, 0.15) is 72.6 Å². The van der Waals surface area contributed by atoms with Crippen molar-refractivity contribution in [3.05, 3.63) is 0 Å². The van der Waals surface area contributed by atoms with Crippen LogP contribution in [0.25, 0.3) is 0 Å². The Bertz CT molecular complexity index is 279. The summed E-state index contributed by atoms with van der Waals surface area (Å²) in [6.07, 6.45) is 9.97. The molecule has 1 atom stereocenters. The number of nitrogens with zero attached hydrogens (tertiary/aromatic N) is 1. The number of likely N-dealkylation sites (tertiary alicyclic amines) is 1. The summed E-state index contributed by atoms with van der Waals surface area (Å²) in [5, 5.41) is 3.75. The van der Waals surface area contributed by atoms with Crippen molar-refractivity contribution in [1.82, 2.24) is 10.2 Å². The van der Waals surface area contributed by atoms with E-state index in [0.717, 1.165) is 12.0 Å². The number of hydrogen-bond acceptors (Lipinski definition) is 2. The zero-order valence-corrected chi connectivity index (χ0v) is 14.3. The van der Waals surface area contributed by atoms with Gasteiger partial charge in [-0.25, -0.2) is 0 Å². The Labute approximate surface area is 126 Å². The SMILES string of the molecule is CC1CCC(CNC(C)C)(CN2CCCCC2C)CC1. The molecule has 2 aliphatic rings. The molecule has 1 heterocycles. The van der Waals surface area contributed by atoms with Gasteiger partial charge in [0, 0.05) is 25.2 Å². The molecule has 2 fully saturated rings. The van der Waals surface area contributed by atoms with Gasteiger partial charge in [0.05, 0.1) is 0 Å². The average molecular weight is 280 g/mol. The molecule has 0 amide bonds. The molecule has 0 bridgehead atoms. The van der Waals surface area contributed by atoms with Gasteiger partial charge in [0.15, 0.2) is 0 Å². The summed E-state index contributed by atoms with van der Waals surface area (Å²) in [6.45, 7) is 13.3. The fraction of sp³-hybridized carbons (Fsp3) is 1.00. The first-order valence-electron chi connectivity index (χ1n) is 8.98. The lowest BCUT2D eigenvalue weighted by atomic mass is 9.70. The maximum absolute atomic E-state index is 3.75. The molecule has 0 radical (unpaired) electrons.